The van der Waals surface area contributed by atoms with E-state index in [9.17, 15) is 4.79 Å². The van der Waals surface area contributed by atoms with Crippen molar-refractivity contribution in [2.75, 3.05) is 33.3 Å². The molecule has 2 aliphatic heterocycles. The molecule has 1 unspecified atom stereocenters. The van der Waals surface area contributed by atoms with Gasteiger partial charge < -0.3 is 9.64 Å². The van der Waals surface area contributed by atoms with Gasteiger partial charge in [-0.15, -0.1) is 0 Å². The first-order valence-electron chi connectivity index (χ1n) is 8.16. The first-order chi connectivity index (χ1) is 11.2. The van der Waals surface area contributed by atoms with Gasteiger partial charge in [-0.25, -0.2) is 4.98 Å². The molecule has 0 bridgehead atoms. The van der Waals surface area contributed by atoms with Crippen LogP contribution < -0.4 is 4.74 Å². The summed E-state index contributed by atoms with van der Waals surface area (Å²) in [5, 5.41) is 9.05. The van der Waals surface area contributed by atoms with E-state index < -0.39 is 0 Å². The first-order valence-corrected chi connectivity index (χ1v) is 8.16. The van der Waals surface area contributed by atoms with Gasteiger partial charge in [-0.3, -0.25) is 9.69 Å². The predicted octanol–water partition coefficient (Wildman–Crippen LogP) is 1.27. The number of nitriles is 1. The van der Waals surface area contributed by atoms with Crippen molar-refractivity contribution >= 4 is 5.91 Å². The standard InChI is InChI=1S/C17H22N4O2/c1-20-8-6-15(17(20)22)21-9-4-13(5-10-21)12-23-16-14(11-18)3-2-7-19-16/h2-3,7,13,15H,4-6,8-10,12H2,1H3. The smallest absolute Gasteiger partial charge is 0.239 e. The summed E-state index contributed by atoms with van der Waals surface area (Å²) in [6.45, 7) is 3.32. The Hall–Kier alpha value is -2.13. The molecule has 2 aliphatic rings. The normalized spacial score (nSPS) is 23.0. The number of likely N-dealkylation sites (N-methyl/N-ethyl adjacent to an activating group) is 1. The van der Waals surface area contributed by atoms with E-state index in [1.54, 1.807) is 18.3 Å². The highest BCUT2D eigenvalue weighted by atomic mass is 16.5. The zero-order valence-corrected chi connectivity index (χ0v) is 13.4. The third-order valence-electron chi connectivity index (χ3n) is 4.84. The summed E-state index contributed by atoms with van der Waals surface area (Å²) in [6.07, 6.45) is 4.61. The molecule has 23 heavy (non-hydrogen) atoms. The Balaban J connectivity index is 1.48. The molecule has 0 aromatic carbocycles. The highest BCUT2D eigenvalue weighted by Crippen LogP contribution is 2.24. The van der Waals surface area contributed by atoms with E-state index in [1.807, 2.05) is 11.9 Å². The maximum absolute atomic E-state index is 12.1. The van der Waals surface area contributed by atoms with Crippen LogP contribution in [0.4, 0.5) is 0 Å². The van der Waals surface area contributed by atoms with Crippen LogP contribution in [0, 0.1) is 17.2 Å². The molecule has 0 spiro atoms. The molecular weight excluding hydrogens is 292 g/mol. The Morgan fingerprint density at radius 2 is 2.13 bits per heavy atom. The molecule has 3 rings (SSSR count). The number of likely N-dealkylation sites (tertiary alicyclic amines) is 2. The van der Waals surface area contributed by atoms with Crippen molar-refractivity contribution in [3.8, 4) is 11.9 Å². The fourth-order valence-corrected chi connectivity index (χ4v) is 3.36. The molecule has 6 nitrogen and oxygen atoms in total. The largest absolute Gasteiger partial charge is 0.476 e. The number of pyridine rings is 1. The van der Waals surface area contributed by atoms with Crippen LogP contribution in [0.15, 0.2) is 18.3 Å². The second kappa shape index (κ2) is 6.97. The highest BCUT2D eigenvalue weighted by molar-refractivity contribution is 5.83. The average Bonchev–Trinajstić information content (AvgIpc) is 2.93. The van der Waals surface area contributed by atoms with Crippen molar-refractivity contribution in [1.29, 1.82) is 5.26 Å². The number of hydrogen-bond donors (Lipinski definition) is 0. The van der Waals surface area contributed by atoms with Crippen LogP contribution in [0.25, 0.3) is 0 Å². The van der Waals surface area contributed by atoms with Crippen LogP contribution in [0.5, 0.6) is 5.88 Å². The number of amides is 1. The Bertz CT molecular complexity index is 605. The molecule has 3 heterocycles. The van der Waals surface area contributed by atoms with Crippen LogP contribution in [-0.4, -0.2) is 60.0 Å². The van der Waals surface area contributed by atoms with Crippen molar-refractivity contribution in [1.82, 2.24) is 14.8 Å². The van der Waals surface area contributed by atoms with Crippen LogP contribution in [-0.2, 0) is 4.79 Å². The monoisotopic (exact) mass is 314 g/mol. The number of rotatable bonds is 4. The van der Waals surface area contributed by atoms with Gasteiger partial charge in [0.05, 0.1) is 12.6 Å². The number of ether oxygens (including phenoxy) is 1. The van der Waals surface area contributed by atoms with Gasteiger partial charge in [0, 0.05) is 19.8 Å². The van der Waals surface area contributed by atoms with E-state index >= 15 is 0 Å². The molecule has 2 saturated heterocycles. The van der Waals surface area contributed by atoms with Gasteiger partial charge in [-0.2, -0.15) is 5.26 Å². The molecule has 0 radical (unpaired) electrons. The molecule has 2 fully saturated rings. The lowest BCUT2D eigenvalue weighted by Crippen LogP contribution is -2.45. The lowest BCUT2D eigenvalue weighted by Gasteiger charge is -2.34. The van der Waals surface area contributed by atoms with Crippen LogP contribution in [0.3, 0.4) is 0 Å². The van der Waals surface area contributed by atoms with Gasteiger partial charge in [0.25, 0.3) is 0 Å². The summed E-state index contributed by atoms with van der Waals surface area (Å²) in [4.78, 5) is 20.3. The van der Waals surface area contributed by atoms with Crippen molar-refractivity contribution in [2.45, 2.75) is 25.3 Å². The SMILES string of the molecule is CN1CCC(N2CCC(COc3ncccc3C#N)CC2)C1=O. The molecule has 122 valence electrons. The highest BCUT2D eigenvalue weighted by Gasteiger charge is 2.35. The van der Waals surface area contributed by atoms with E-state index in [0.717, 1.165) is 38.9 Å². The molecule has 6 heteroatoms. The fourth-order valence-electron chi connectivity index (χ4n) is 3.36. The van der Waals surface area contributed by atoms with Crippen LogP contribution in [0.1, 0.15) is 24.8 Å². The van der Waals surface area contributed by atoms with Gasteiger partial charge >= 0.3 is 0 Å². The summed E-state index contributed by atoms with van der Waals surface area (Å²) in [6, 6.07) is 5.62. The minimum Gasteiger partial charge on any atom is -0.476 e. The van der Waals surface area contributed by atoms with Gasteiger partial charge in [0.15, 0.2) is 0 Å². The molecule has 0 aliphatic carbocycles. The van der Waals surface area contributed by atoms with Crippen molar-refractivity contribution < 1.29 is 9.53 Å². The summed E-state index contributed by atoms with van der Waals surface area (Å²) in [7, 11) is 1.88. The summed E-state index contributed by atoms with van der Waals surface area (Å²) >= 11 is 0. The first kappa shape index (κ1) is 15.8. The minimum absolute atomic E-state index is 0.0721. The molecular formula is C17H22N4O2. The minimum atomic E-state index is 0.0721. The summed E-state index contributed by atoms with van der Waals surface area (Å²) < 4.78 is 5.74. The number of piperidine rings is 1. The number of aromatic nitrogens is 1. The van der Waals surface area contributed by atoms with Gasteiger partial charge in [-0.1, -0.05) is 0 Å². The summed E-state index contributed by atoms with van der Waals surface area (Å²) in [5.74, 6) is 1.13. The molecule has 1 aromatic rings. The second-order valence-corrected chi connectivity index (χ2v) is 6.32. The Morgan fingerprint density at radius 3 is 2.78 bits per heavy atom. The molecule has 0 saturated carbocycles. The molecule has 1 amide bonds. The molecule has 0 N–H and O–H groups in total. The molecule has 1 aromatic heterocycles. The lowest BCUT2D eigenvalue weighted by molar-refractivity contribution is -0.131. The Kier molecular flexibility index (Phi) is 4.77. The fraction of sp³-hybridized carbons (Fsp3) is 0.588. The quantitative estimate of drug-likeness (QED) is 0.837. The van der Waals surface area contributed by atoms with E-state index in [1.165, 1.54) is 0 Å². The predicted molar refractivity (Wildman–Crippen MR) is 84.8 cm³/mol. The van der Waals surface area contributed by atoms with Crippen molar-refractivity contribution in [3.05, 3.63) is 23.9 Å². The Labute approximate surface area is 136 Å². The van der Waals surface area contributed by atoms with Gasteiger partial charge in [-0.05, 0) is 50.4 Å². The van der Waals surface area contributed by atoms with Crippen LogP contribution in [0.2, 0.25) is 0 Å². The van der Waals surface area contributed by atoms with E-state index in [4.69, 9.17) is 10.00 Å². The topological polar surface area (TPSA) is 69.5 Å². The second-order valence-electron chi connectivity index (χ2n) is 6.32. The van der Waals surface area contributed by atoms with E-state index in [0.29, 0.717) is 24.0 Å². The number of carbonyl (C=O) groups is 1. The summed E-state index contributed by atoms with van der Waals surface area (Å²) in [5.41, 5.74) is 0.476. The maximum Gasteiger partial charge on any atom is 0.239 e. The van der Waals surface area contributed by atoms with Crippen LogP contribution >= 0.6 is 0 Å². The van der Waals surface area contributed by atoms with E-state index in [2.05, 4.69) is 16.0 Å². The molecule has 1 atom stereocenters. The number of hydrogen-bond acceptors (Lipinski definition) is 5. The average molecular weight is 314 g/mol. The third-order valence-corrected chi connectivity index (χ3v) is 4.84. The zero-order valence-electron chi connectivity index (χ0n) is 13.4. The van der Waals surface area contributed by atoms with Crippen molar-refractivity contribution in [2.24, 2.45) is 5.92 Å². The third kappa shape index (κ3) is 3.45. The lowest BCUT2D eigenvalue weighted by atomic mass is 9.96. The number of carbonyl (C=O) groups excluding carboxylic acids is 1. The van der Waals surface area contributed by atoms with Crippen molar-refractivity contribution in [3.63, 3.8) is 0 Å². The Morgan fingerprint density at radius 1 is 1.35 bits per heavy atom. The maximum atomic E-state index is 12.1. The zero-order chi connectivity index (χ0) is 16.2. The van der Waals surface area contributed by atoms with Gasteiger partial charge in [0.2, 0.25) is 11.8 Å². The van der Waals surface area contributed by atoms with Gasteiger partial charge in [0.1, 0.15) is 11.6 Å². The number of nitrogens with zero attached hydrogens (tertiary/aromatic N) is 4. The van der Waals surface area contributed by atoms with E-state index in [-0.39, 0.29) is 11.9 Å².